The molecule has 12 nitrogen and oxygen atoms in total. The monoisotopic (exact) mass is 477 g/mol. The van der Waals surface area contributed by atoms with Crippen LogP contribution in [0.5, 0.6) is 0 Å². The SMILES string of the molecule is C#CCN(Cc1cnc2nc(N)nc(N)c2c1)c1ccc(C(=O)N[C@@H](CCC(=O)O)C(=O)O)cc1. The number of nitrogens with two attached hydrogens (primary N) is 2. The minimum Gasteiger partial charge on any atom is -0.481 e. The van der Waals surface area contributed by atoms with E-state index in [1.807, 2.05) is 4.90 Å². The predicted molar refractivity (Wildman–Crippen MR) is 128 cm³/mol. The third-order valence-corrected chi connectivity index (χ3v) is 5.06. The molecule has 0 aliphatic carbocycles. The van der Waals surface area contributed by atoms with E-state index in [-0.39, 0.29) is 36.7 Å². The second kappa shape index (κ2) is 10.8. The molecule has 0 saturated carbocycles. The molecule has 2 heterocycles. The van der Waals surface area contributed by atoms with E-state index in [1.165, 1.54) is 12.1 Å². The first-order valence-electron chi connectivity index (χ1n) is 10.4. The highest BCUT2D eigenvalue weighted by Crippen LogP contribution is 2.22. The van der Waals surface area contributed by atoms with Crippen molar-refractivity contribution in [2.24, 2.45) is 0 Å². The molecule has 1 atom stereocenters. The molecule has 3 rings (SSSR count). The fourth-order valence-corrected chi connectivity index (χ4v) is 3.34. The number of aromatic nitrogens is 3. The number of pyridine rings is 1. The van der Waals surface area contributed by atoms with Crippen LogP contribution in [0.25, 0.3) is 11.0 Å². The molecule has 0 radical (unpaired) electrons. The van der Waals surface area contributed by atoms with Gasteiger partial charge in [-0.2, -0.15) is 9.97 Å². The Labute approximate surface area is 200 Å². The van der Waals surface area contributed by atoms with Crippen LogP contribution in [0.1, 0.15) is 28.8 Å². The van der Waals surface area contributed by atoms with Gasteiger partial charge >= 0.3 is 11.9 Å². The Morgan fingerprint density at radius 2 is 1.86 bits per heavy atom. The Morgan fingerprint density at radius 3 is 2.49 bits per heavy atom. The van der Waals surface area contributed by atoms with Gasteiger partial charge in [0.2, 0.25) is 5.95 Å². The third kappa shape index (κ3) is 6.32. The summed E-state index contributed by atoms with van der Waals surface area (Å²) in [6.07, 6.45) is 6.56. The molecule has 12 heteroatoms. The van der Waals surface area contributed by atoms with Crippen LogP contribution in [0.4, 0.5) is 17.5 Å². The molecule has 0 fully saturated rings. The fraction of sp³-hybridized carbons (Fsp3) is 0.217. The molecule has 35 heavy (non-hydrogen) atoms. The van der Waals surface area contributed by atoms with Crippen LogP contribution in [0, 0.1) is 12.3 Å². The summed E-state index contributed by atoms with van der Waals surface area (Å²) in [6, 6.07) is 6.88. The highest BCUT2D eigenvalue weighted by atomic mass is 16.4. The molecule has 2 aromatic heterocycles. The number of carbonyl (C=O) groups excluding carboxylic acids is 1. The van der Waals surface area contributed by atoms with Crippen molar-refractivity contribution in [3.8, 4) is 12.3 Å². The number of hydrogen-bond donors (Lipinski definition) is 5. The number of hydrogen-bond acceptors (Lipinski definition) is 9. The smallest absolute Gasteiger partial charge is 0.326 e. The normalized spacial score (nSPS) is 11.4. The number of terminal acetylenes is 1. The summed E-state index contributed by atoms with van der Waals surface area (Å²) < 4.78 is 0. The van der Waals surface area contributed by atoms with Crippen LogP contribution >= 0.6 is 0 Å². The Morgan fingerprint density at radius 1 is 1.14 bits per heavy atom. The highest BCUT2D eigenvalue weighted by Gasteiger charge is 2.22. The fourth-order valence-electron chi connectivity index (χ4n) is 3.34. The summed E-state index contributed by atoms with van der Waals surface area (Å²) >= 11 is 0. The molecule has 0 bridgehead atoms. The lowest BCUT2D eigenvalue weighted by molar-refractivity contribution is -0.140. The number of carboxylic acid groups (broad SMARTS) is 2. The molecule has 0 aliphatic heterocycles. The first kappa shape index (κ1) is 24.7. The molecule has 3 aromatic rings. The lowest BCUT2D eigenvalue weighted by Crippen LogP contribution is -2.41. The zero-order valence-corrected chi connectivity index (χ0v) is 18.5. The third-order valence-electron chi connectivity index (χ3n) is 5.06. The summed E-state index contributed by atoms with van der Waals surface area (Å²) in [4.78, 5) is 48.7. The van der Waals surface area contributed by atoms with E-state index in [0.29, 0.717) is 23.3 Å². The van der Waals surface area contributed by atoms with Crippen molar-refractivity contribution in [2.45, 2.75) is 25.4 Å². The van der Waals surface area contributed by atoms with Crippen LogP contribution in [0.2, 0.25) is 0 Å². The van der Waals surface area contributed by atoms with Crippen molar-refractivity contribution < 1.29 is 24.6 Å². The topological polar surface area (TPSA) is 198 Å². The Kier molecular flexibility index (Phi) is 7.63. The van der Waals surface area contributed by atoms with E-state index < -0.39 is 23.9 Å². The average molecular weight is 477 g/mol. The van der Waals surface area contributed by atoms with E-state index in [4.69, 9.17) is 23.0 Å². The number of carbonyl (C=O) groups is 3. The van der Waals surface area contributed by atoms with Gasteiger partial charge in [-0.3, -0.25) is 9.59 Å². The van der Waals surface area contributed by atoms with E-state index in [0.717, 1.165) is 5.56 Å². The number of rotatable bonds is 10. The van der Waals surface area contributed by atoms with Crippen molar-refractivity contribution >= 4 is 46.3 Å². The van der Waals surface area contributed by atoms with Gasteiger partial charge < -0.3 is 31.9 Å². The van der Waals surface area contributed by atoms with Crippen LogP contribution < -0.4 is 21.7 Å². The molecule has 7 N–H and O–H groups in total. The van der Waals surface area contributed by atoms with E-state index in [2.05, 4.69) is 26.2 Å². The average Bonchev–Trinajstić information content (AvgIpc) is 2.81. The molecule has 1 amide bonds. The summed E-state index contributed by atoms with van der Waals surface area (Å²) in [5, 5.41) is 20.9. The predicted octanol–water partition coefficient (Wildman–Crippen LogP) is 0.877. The van der Waals surface area contributed by atoms with Gasteiger partial charge in [-0.25, -0.2) is 9.78 Å². The van der Waals surface area contributed by atoms with Crippen LogP contribution in [-0.2, 0) is 16.1 Å². The molecule has 1 aromatic carbocycles. The van der Waals surface area contributed by atoms with Gasteiger partial charge in [-0.05, 0) is 42.3 Å². The van der Waals surface area contributed by atoms with Crippen molar-refractivity contribution in [2.75, 3.05) is 22.9 Å². The quantitative estimate of drug-likeness (QED) is 0.260. The maximum Gasteiger partial charge on any atom is 0.326 e. The number of nitrogens with zero attached hydrogens (tertiary/aromatic N) is 4. The standard InChI is InChI=1S/C23H23N7O5/c1-2-9-30(12-13-10-16-19(24)28-23(25)29-20(16)26-11-13)15-5-3-14(4-6-15)21(33)27-17(22(34)35)7-8-18(31)32/h1,3-6,10-11,17H,7-9,12H2,(H,27,33)(H,31,32)(H,34,35)(H4,24,25,26,28,29)/t17-/m0/s1. The maximum absolute atomic E-state index is 12.5. The Hall–Kier alpha value is -4.92. The summed E-state index contributed by atoms with van der Waals surface area (Å²) in [5.74, 6) is -0.260. The Bertz CT molecular complexity index is 1300. The number of aliphatic carboxylic acids is 2. The molecule has 0 unspecified atom stereocenters. The first-order chi connectivity index (χ1) is 16.7. The van der Waals surface area contributed by atoms with Gasteiger partial charge in [-0.1, -0.05) is 5.92 Å². The number of nitrogens with one attached hydrogen (secondary N) is 1. The lowest BCUT2D eigenvalue weighted by atomic mass is 10.1. The van der Waals surface area contributed by atoms with E-state index in [1.54, 1.807) is 24.4 Å². The minimum atomic E-state index is -1.32. The number of nitrogen functional groups attached to an aromatic ring is 2. The van der Waals surface area contributed by atoms with Gasteiger partial charge in [0.1, 0.15) is 11.9 Å². The van der Waals surface area contributed by atoms with E-state index in [9.17, 15) is 19.5 Å². The number of amides is 1. The number of anilines is 3. The van der Waals surface area contributed by atoms with Crippen molar-refractivity contribution in [3.63, 3.8) is 0 Å². The van der Waals surface area contributed by atoms with Crippen LogP contribution in [0.3, 0.4) is 0 Å². The van der Waals surface area contributed by atoms with E-state index >= 15 is 0 Å². The van der Waals surface area contributed by atoms with Crippen LogP contribution in [-0.4, -0.2) is 55.6 Å². The first-order valence-corrected chi connectivity index (χ1v) is 10.4. The van der Waals surface area contributed by atoms with Crippen molar-refractivity contribution in [3.05, 3.63) is 47.7 Å². The summed E-state index contributed by atoms with van der Waals surface area (Å²) in [6.45, 7) is 0.631. The second-order valence-corrected chi connectivity index (χ2v) is 7.59. The number of benzene rings is 1. The summed E-state index contributed by atoms with van der Waals surface area (Å²) in [5.41, 5.74) is 13.6. The molecule has 0 saturated heterocycles. The second-order valence-electron chi connectivity index (χ2n) is 7.59. The van der Waals surface area contributed by atoms with Gasteiger partial charge in [0.05, 0.1) is 11.9 Å². The van der Waals surface area contributed by atoms with Gasteiger partial charge in [0, 0.05) is 30.4 Å². The largest absolute Gasteiger partial charge is 0.481 e. The molecule has 0 spiro atoms. The maximum atomic E-state index is 12.5. The van der Waals surface area contributed by atoms with Crippen molar-refractivity contribution in [1.82, 2.24) is 20.3 Å². The van der Waals surface area contributed by atoms with Crippen molar-refractivity contribution in [1.29, 1.82) is 0 Å². The molecule has 180 valence electrons. The van der Waals surface area contributed by atoms with Gasteiger partial charge in [-0.15, -0.1) is 6.42 Å². The molecule has 0 aliphatic rings. The van der Waals surface area contributed by atoms with Gasteiger partial charge in [0.25, 0.3) is 5.91 Å². The number of fused-ring (bicyclic) bond motifs is 1. The zero-order chi connectivity index (χ0) is 25.5. The lowest BCUT2D eigenvalue weighted by Gasteiger charge is -2.23. The molecular formula is C23H23N7O5. The van der Waals surface area contributed by atoms with Crippen LogP contribution in [0.15, 0.2) is 36.5 Å². The molecular weight excluding hydrogens is 454 g/mol. The number of carboxylic acids is 2. The summed E-state index contributed by atoms with van der Waals surface area (Å²) in [7, 11) is 0. The zero-order valence-electron chi connectivity index (χ0n) is 18.5. The minimum absolute atomic E-state index is 0.0323. The Balaban J connectivity index is 1.76. The van der Waals surface area contributed by atoms with Gasteiger partial charge in [0.15, 0.2) is 5.65 Å². The highest BCUT2D eigenvalue weighted by molar-refractivity contribution is 5.97.